The van der Waals surface area contributed by atoms with E-state index >= 15 is 0 Å². The lowest BCUT2D eigenvalue weighted by Crippen LogP contribution is -2.30. The minimum Gasteiger partial charge on any atom is -0.462 e. The molecule has 0 aromatic heterocycles. The summed E-state index contributed by atoms with van der Waals surface area (Å²) in [4.78, 5) is 73.7. The molecule has 3 N–H and O–H groups in total. The molecule has 696 valence electrons. The van der Waals surface area contributed by atoms with Gasteiger partial charge in [0.25, 0.3) is 0 Å². The van der Waals surface area contributed by atoms with Crippen LogP contribution in [0.25, 0.3) is 0 Å². The van der Waals surface area contributed by atoms with Crippen LogP contribution in [0.1, 0.15) is 530 Å². The molecular weight excluding hydrogens is 1510 g/mol. The maximum absolute atomic E-state index is 13.2. The summed E-state index contributed by atoms with van der Waals surface area (Å²) >= 11 is 0. The number of ether oxygens (including phenoxy) is 4. The van der Waals surface area contributed by atoms with Crippen LogP contribution in [-0.4, -0.2) is 96.7 Å². The van der Waals surface area contributed by atoms with E-state index in [-0.39, 0.29) is 25.7 Å². The normalized spacial score (nSPS) is 14.4. The number of carbonyl (C=O) groups excluding carboxylic acids is 4. The van der Waals surface area contributed by atoms with Crippen molar-refractivity contribution in [2.24, 2.45) is 17.8 Å². The SMILES string of the molecule is CCCCCCCCCCCCCCCCCCCCCCCC(=O)O[C@H](COC(=O)CCCCCCCCCCC(C)CC)COP(=O)(O)OC[C@H](O)COP(=O)(O)OC[C@@H](COC(=O)CCCCCCCCCCCCCCCCCCCCC(C)CC)OC(=O)CCCCCCCCCCCCCCCCCCCCC(C)CC. The van der Waals surface area contributed by atoms with Gasteiger partial charge < -0.3 is 33.8 Å². The molecule has 0 aliphatic heterocycles. The van der Waals surface area contributed by atoms with Gasteiger partial charge in [-0.05, 0) is 43.4 Å². The Morgan fingerprint density at radius 2 is 0.410 bits per heavy atom. The second-order valence-electron chi connectivity index (χ2n) is 35.9. The monoisotopic (exact) mass is 1700 g/mol. The van der Waals surface area contributed by atoms with Gasteiger partial charge in [0.2, 0.25) is 0 Å². The average molecular weight is 1700 g/mol. The zero-order chi connectivity index (χ0) is 85.7. The van der Waals surface area contributed by atoms with Crippen LogP contribution in [0.3, 0.4) is 0 Å². The Morgan fingerprint density at radius 1 is 0.239 bits per heavy atom. The number of rotatable bonds is 96. The van der Waals surface area contributed by atoms with E-state index in [4.69, 9.17) is 37.0 Å². The van der Waals surface area contributed by atoms with Gasteiger partial charge in [-0.3, -0.25) is 37.3 Å². The van der Waals surface area contributed by atoms with E-state index in [9.17, 15) is 43.2 Å². The number of esters is 4. The Bertz CT molecular complexity index is 2240. The van der Waals surface area contributed by atoms with Crippen molar-refractivity contribution in [3.8, 4) is 0 Å². The summed E-state index contributed by atoms with van der Waals surface area (Å²) in [5.74, 6) is 0.431. The average Bonchev–Trinajstić information content (AvgIpc) is 0.849. The number of aliphatic hydroxyl groups excluding tert-OH is 1. The number of carbonyl (C=O) groups is 4. The third-order valence-electron chi connectivity index (χ3n) is 24.2. The molecule has 19 heteroatoms. The van der Waals surface area contributed by atoms with Gasteiger partial charge in [0.1, 0.15) is 19.3 Å². The molecule has 0 spiro atoms. The van der Waals surface area contributed by atoms with Gasteiger partial charge in [0.15, 0.2) is 12.2 Å². The summed E-state index contributed by atoms with van der Waals surface area (Å²) in [5, 5.41) is 10.7. The summed E-state index contributed by atoms with van der Waals surface area (Å²) in [6.45, 7) is 12.2. The van der Waals surface area contributed by atoms with Crippen molar-refractivity contribution in [3.63, 3.8) is 0 Å². The maximum Gasteiger partial charge on any atom is 0.472 e. The standard InChI is InChI=1S/C98H192O17P2/c1-8-12-13-14-15-16-17-18-19-20-21-22-23-31-36-41-46-51-60-67-75-82-98(103)115-94(86-109-96(101)80-73-66-59-54-53-57-64-71-78-91(7)11-4)88-113-117(106,107)111-84-92(99)83-110-116(104,105)112-87-93(114-97(102)81-74-68-61-52-47-42-37-32-27-25-29-34-39-44-49-56-63-70-77-90(6)10-3)85-108-95(100)79-72-65-58-50-45-40-35-30-26-24-28-33-38-43-48-55-62-69-76-89(5)9-2/h89-94,99H,8-88H2,1-7H3,(H,104,105)(H,106,107)/t89?,90?,91?,92-,93-,94-/m1/s1. The second kappa shape index (κ2) is 87.5. The Balaban J connectivity index is 5.24. The summed E-state index contributed by atoms with van der Waals surface area (Å²) in [7, 11) is -9.95. The summed E-state index contributed by atoms with van der Waals surface area (Å²) in [6, 6.07) is 0. The first-order chi connectivity index (χ1) is 56.8. The summed E-state index contributed by atoms with van der Waals surface area (Å²) in [5.41, 5.74) is 0. The number of hydrogen-bond donors (Lipinski definition) is 3. The van der Waals surface area contributed by atoms with Crippen LogP contribution >= 0.6 is 15.6 Å². The van der Waals surface area contributed by atoms with Crippen LogP contribution in [0.4, 0.5) is 0 Å². The number of hydrogen-bond acceptors (Lipinski definition) is 15. The van der Waals surface area contributed by atoms with E-state index in [1.807, 2.05) is 0 Å². The number of aliphatic hydroxyl groups is 1. The van der Waals surface area contributed by atoms with Crippen LogP contribution in [0.15, 0.2) is 0 Å². The highest BCUT2D eigenvalue weighted by molar-refractivity contribution is 7.47. The molecule has 8 atom stereocenters. The van der Waals surface area contributed by atoms with E-state index in [1.54, 1.807) is 0 Å². The lowest BCUT2D eigenvalue weighted by Gasteiger charge is -2.21. The Morgan fingerprint density at radius 3 is 0.607 bits per heavy atom. The maximum atomic E-state index is 13.2. The van der Waals surface area contributed by atoms with Crippen LogP contribution < -0.4 is 0 Å². The molecule has 117 heavy (non-hydrogen) atoms. The van der Waals surface area contributed by atoms with Crippen LogP contribution in [0.2, 0.25) is 0 Å². The first-order valence-electron chi connectivity index (χ1n) is 50.5. The highest BCUT2D eigenvalue weighted by Crippen LogP contribution is 2.45. The van der Waals surface area contributed by atoms with Gasteiger partial charge in [-0.15, -0.1) is 0 Å². The van der Waals surface area contributed by atoms with Crippen molar-refractivity contribution < 1.29 is 80.2 Å². The minimum atomic E-state index is -4.98. The molecule has 0 aliphatic carbocycles. The molecule has 0 heterocycles. The largest absolute Gasteiger partial charge is 0.472 e. The summed E-state index contributed by atoms with van der Waals surface area (Å²) < 4.78 is 69.3. The molecule has 0 saturated heterocycles. The zero-order valence-electron chi connectivity index (χ0n) is 77.7. The molecule has 0 aliphatic rings. The fraction of sp³-hybridized carbons (Fsp3) is 0.959. The molecule has 0 aromatic carbocycles. The molecule has 0 bridgehead atoms. The highest BCUT2D eigenvalue weighted by Gasteiger charge is 2.31. The van der Waals surface area contributed by atoms with E-state index in [1.165, 1.54) is 340 Å². The molecule has 0 rings (SSSR count). The highest BCUT2D eigenvalue weighted by atomic mass is 31.2. The van der Waals surface area contributed by atoms with E-state index in [0.717, 1.165) is 108 Å². The lowest BCUT2D eigenvalue weighted by molar-refractivity contribution is -0.161. The lowest BCUT2D eigenvalue weighted by atomic mass is 9.99. The predicted octanol–water partition coefficient (Wildman–Crippen LogP) is 30.8. The smallest absolute Gasteiger partial charge is 0.462 e. The summed E-state index contributed by atoms with van der Waals surface area (Å²) in [6.07, 6.45) is 83.4. The number of unbranched alkanes of at least 4 members (excludes halogenated alkanes) is 61. The van der Waals surface area contributed by atoms with Crippen LogP contribution in [0.5, 0.6) is 0 Å². The third-order valence-corrected chi connectivity index (χ3v) is 26.1. The van der Waals surface area contributed by atoms with Crippen molar-refractivity contribution in [1.29, 1.82) is 0 Å². The molecule has 17 nitrogen and oxygen atoms in total. The van der Waals surface area contributed by atoms with Crippen molar-refractivity contribution in [2.75, 3.05) is 39.6 Å². The van der Waals surface area contributed by atoms with Crippen molar-refractivity contribution >= 4 is 39.5 Å². The van der Waals surface area contributed by atoms with E-state index in [0.29, 0.717) is 25.7 Å². The Hall–Kier alpha value is -1.94. The van der Waals surface area contributed by atoms with Crippen LogP contribution in [-0.2, 0) is 65.4 Å². The molecule has 0 radical (unpaired) electrons. The van der Waals surface area contributed by atoms with Crippen LogP contribution in [0, 0.1) is 17.8 Å². The van der Waals surface area contributed by atoms with Gasteiger partial charge >= 0.3 is 39.5 Å². The topological polar surface area (TPSA) is 237 Å². The first-order valence-corrected chi connectivity index (χ1v) is 53.5. The number of phosphoric acid groups is 2. The first kappa shape index (κ1) is 115. The van der Waals surface area contributed by atoms with Crippen molar-refractivity contribution in [1.82, 2.24) is 0 Å². The van der Waals surface area contributed by atoms with Gasteiger partial charge in [0.05, 0.1) is 26.4 Å². The van der Waals surface area contributed by atoms with Gasteiger partial charge in [0, 0.05) is 25.7 Å². The van der Waals surface area contributed by atoms with Crippen molar-refractivity contribution in [3.05, 3.63) is 0 Å². The van der Waals surface area contributed by atoms with E-state index < -0.39 is 97.5 Å². The van der Waals surface area contributed by atoms with Gasteiger partial charge in [-0.2, -0.15) is 0 Å². The molecule has 0 fully saturated rings. The fourth-order valence-corrected chi connectivity index (χ4v) is 17.0. The molecule has 0 amide bonds. The Labute approximate surface area is 721 Å². The molecule has 0 saturated carbocycles. The number of phosphoric ester groups is 2. The van der Waals surface area contributed by atoms with Gasteiger partial charge in [-0.1, -0.05) is 479 Å². The zero-order valence-corrected chi connectivity index (χ0v) is 79.5. The van der Waals surface area contributed by atoms with E-state index in [2.05, 4.69) is 48.5 Å². The molecule has 5 unspecified atom stereocenters. The fourth-order valence-electron chi connectivity index (χ4n) is 15.4. The predicted molar refractivity (Wildman–Crippen MR) is 488 cm³/mol. The minimum absolute atomic E-state index is 0.109. The third kappa shape index (κ3) is 87.3. The van der Waals surface area contributed by atoms with Crippen molar-refractivity contribution in [2.45, 2.75) is 548 Å². The molecule has 0 aromatic rings. The quantitative estimate of drug-likeness (QED) is 0.0222. The Kier molecular flexibility index (Phi) is 86.1. The van der Waals surface area contributed by atoms with Gasteiger partial charge in [-0.25, -0.2) is 9.13 Å². The molecular formula is C98H192O17P2. The second-order valence-corrected chi connectivity index (χ2v) is 38.8.